The smallest absolute Gasteiger partial charge is 0.236 e. The molecule has 0 spiro atoms. The normalized spacial score (nSPS) is 21.7. The zero-order valence-electron chi connectivity index (χ0n) is 23.2. The lowest BCUT2D eigenvalue weighted by atomic mass is 9.96. The van der Waals surface area contributed by atoms with E-state index in [1.807, 2.05) is 25.5 Å². The molecule has 2 atom stereocenters. The van der Waals surface area contributed by atoms with E-state index in [0.717, 1.165) is 19.5 Å². The van der Waals surface area contributed by atoms with E-state index >= 15 is 0 Å². The minimum atomic E-state index is -0.239. The Morgan fingerprint density at radius 3 is 2.32 bits per heavy atom. The van der Waals surface area contributed by atoms with Crippen molar-refractivity contribution in [1.29, 1.82) is 0 Å². The van der Waals surface area contributed by atoms with Gasteiger partial charge in [0.25, 0.3) is 0 Å². The molecule has 4 rings (SSSR count). The molecule has 3 aliphatic rings. The number of rotatable bonds is 8. The Morgan fingerprint density at radius 1 is 1.08 bits per heavy atom. The maximum absolute atomic E-state index is 13.0. The van der Waals surface area contributed by atoms with Crippen LogP contribution in [0.3, 0.4) is 0 Å². The number of amides is 2. The number of nitrogens with zero attached hydrogens (tertiary/aromatic N) is 3. The number of hydrogen-bond donors (Lipinski definition) is 2. The number of hydrogen-bond acceptors (Lipinski definition) is 6. The predicted molar refractivity (Wildman–Crippen MR) is 148 cm³/mol. The number of nitrogens with two attached hydrogens (primary N) is 1. The number of unbranched alkanes of at least 4 members (excludes halogenated alkanes) is 2. The highest BCUT2D eigenvalue weighted by molar-refractivity contribution is 5.80. The van der Waals surface area contributed by atoms with Crippen LogP contribution >= 0.6 is 0 Å². The summed E-state index contributed by atoms with van der Waals surface area (Å²) in [7, 11) is 0. The monoisotopic (exact) mass is 513 g/mol. The van der Waals surface area contributed by atoms with Crippen molar-refractivity contribution >= 4 is 18.6 Å². The molecule has 0 aliphatic carbocycles. The van der Waals surface area contributed by atoms with Crippen LogP contribution in [0.5, 0.6) is 0 Å². The van der Waals surface area contributed by atoms with E-state index < -0.39 is 0 Å². The molecule has 8 nitrogen and oxygen atoms in total. The van der Waals surface area contributed by atoms with Gasteiger partial charge in [0.1, 0.15) is 6.79 Å². The molecule has 37 heavy (non-hydrogen) atoms. The highest BCUT2D eigenvalue weighted by Gasteiger charge is 2.36. The van der Waals surface area contributed by atoms with Crippen LogP contribution in [-0.4, -0.2) is 72.2 Å². The van der Waals surface area contributed by atoms with Gasteiger partial charge in [0.2, 0.25) is 11.8 Å². The minimum Gasteiger partial charge on any atom is -0.369 e. The summed E-state index contributed by atoms with van der Waals surface area (Å²) in [5, 5.41) is 2.37. The Balaban J connectivity index is 0.00000115. The fraction of sp³-hybridized carbons (Fsp3) is 0.621. The molecule has 8 heteroatoms. The van der Waals surface area contributed by atoms with Gasteiger partial charge < -0.3 is 20.4 Å². The molecule has 2 amide bonds. The van der Waals surface area contributed by atoms with Crippen molar-refractivity contribution in [3.8, 4) is 0 Å². The molecule has 206 valence electrons. The molecule has 0 aromatic heterocycles. The van der Waals surface area contributed by atoms with Gasteiger partial charge in [-0.2, -0.15) is 0 Å². The number of fused-ring (bicyclic) bond motifs is 1. The van der Waals surface area contributed by atoms with Crippen LogP contribution in [0.4, 0.5) is 0 Å². The summed E-state index contributed by atoms with van der Waals surface area (Å²) >= 11 is 0. The second kappa shape index (κ2) is 15.5. The summed E-state index contributed by atoms with van der Waals surface area (Å²) in [6, 6.07) is 9.27. The van der Waals surface area contributed by atoms with E-state index in [1.165, 1.54) is 36.1 Å². The van der Waals surface area contributed by atoms with Gasteiger partial charge in [-0.25, -0.2) is 5.43 Å². The van der Waals surface area contributed by atoms with Crippen LogP contribution in [0.25, 0.3) is 0 Å². The molecule has 2 fully saturated rings. The van der Waals surface area contributed by atoms with E-state index in [2.05, 4.69) is 59.5 Å². The average Bonchev–Trinajstić information content (AvgIpc) is 3.36. The van der Waals surface area contributed by atoms with Crippen molar-refractivity contribution in [3.05, 3.63) is 47.2 Å². The molecular formula is C29H47N5O3. The first-order valence-electron chi connectivity index (χ1n) is 13.9. The number of primary amides is 1. The Hall–Kier alpha value is -2.71. The van der Waals surface area contributed by atoms with E-state index in [0.29, 0.717) is 38.5 Å². The lowest BCUT2D eigenvalue weighted by Gasteiger charge is -2.43. The van der Waals surface area contributed by atoms with E-state index in [-0.39, 0.29) is 23.8 Å². The molecule has 3 aliphatic heterocycles. The van der Waals surface area contributed by atoms with Crippen LogP contribution in [0.1, 0.15) is 76.5 Å². The minimum absolute atomic E-state index is 0.0889. The van der Waals surface area contributed by atoms with E-state index in [9.17, 15) is 9.59 Å². The molecule has 0 saturated carbocycles. The third kappa shape index (κ3) is 8.40. The number of aryl methyl sites for hydroxylation is 1. The topological polar surface area (TPSA) is 99.0 Å². The largest absolute Gasteiger partial charge is 0.369 e. The Kier molecular flexibility index (Phi) is 12.8. The van der Waals surface area contributed by atoms with Crippen molar-refractivity contribution < 1.29 is 14.4 Å². The summed E-state index contributed by atoms with van der Waals surface area (Å²) in [4.78, 5) is 36.7. The third-order valence-electron chi connectivity index (χ3n) is 7.35. The van der Waals surface area contributed by atoms with Crippen molar-refractivity contribution in [1.82, 2.24) is 20.2 Å². The fourth-order valence-electron chi connectivity index (χ4n) is 5.30. The number of piperidine rings is 1. The highest BCUT2D eigenvalue weighted by Crippen LogP contribution is 2.31. The van der Waals surface area contributed by atoms with Crippen molar-refractivity contribution in [2.45, 2.75) is 78.3 Å². The summed E-state index contributed by atoms with van der Waals surface area (Å²) in [6.45, 7) is 13.7. The zero-order valence-corrected chi connectivity index (χ0v) is 23.2. The van der Waals surface area contributed by atoms with Crippen LogP contribution in [-0.2, 0) is 14.4 Å². The molecule has 2 unspecified atom stereocenters. The number of carbonyl (C=O) groups is 3. The molecular weight excluding hydrogens is 466 g/mol. The first-order chi connectivity index (χ1) is 17.9. The van der Waals surface area contributed by atoms with Gasteiger partial charge in [-0.05, 0) is 37.8 Å². The summed E-state index contributed by atoms with van der Waals surface area (Å²) in [5.74, 6) is -0.161. The SMILES string of the molecule is C=O.CC.CCCCCC1CN(CC(=O)N2CCC(C(N)=O)CC2)CC2=CC(c3ccc(C)cc3)NN21. The lowest BCUT2D eigenvalue weighted by molar-refractivity contribution is -0.136. The van der Waals surface area contributed by atoms with E-state index in [4.69, 9.17) is 10.5 Å². The summed E-state index contributed by atoms with van der Waals surface area (Å²) in [6.07, 6.45) is 8.45. The summed E-state index contributed by atoms with van der Waals surface area (Å²) in [5.41, 5.74) is 13.0. The van der Waals surface area contributed by atoms with Crippen molar-refractivity contribution in [3.63, 3.8) is 0 Å². The lowest BCUT2D eigenvalue weighted by Crippen LogP contribution is -2.56. The number of likely N-dealkylation sites (tertiary alicyclic amines) is 1. The van der Waals surface area contributed by atoms with Gasteiger partial charge >= 0.3 is 0 Å². The fourth-order valence-corrected chi connectivity index (χ4v) is 5.30. The van der Waals surface area contributed by atoms with Crippen molar-refractivity contribution in [2.75, 3.05) is 32.7 Å². The maximum atomic E-state index is 13.0. The number of benzene rings is 1. The van der Waals surface area contributed by atoms with E-state index in [1.54, 1.807) is 0 Å². The predicted octanol–water partition coefficient (Wildman–Crippen LogP) is 3.57. The highest BCUT2D eigenvalue weighted by atomic mass is 16.2. The molecule has 0 radical (unpaired) electrons. The number of nitrogens with one attached hydrogen (secondary N) is 1. The Labute approximate surface area is 223 Å². The molecule has 0 bridgehead atoms. The Morgan fingerprint density at radius 2 is 1.73 bits per heavy atom. The third-order valence-corrected chi connectivity index (χ3v) is 7.35. The maximum Gasteiger partial charge on any atom is 0.236 e. The second-order valence-electron chi connectivity index (χ2n) is 9.92. The molecule has 1 aromatic rings. The number of hydrazine groups is 1. The average molecular weight is 514 g/mol. The second-order valence-corrected chi connectivity index (χ2v) is 9.92. The number of carbonyl (C=O) groups excluding carboxylic acids is 3. The van der Waals surface area contributed by atoms with Crippen LogP contribution in [0.15, 0.2) is 36.0 Å². The standard InChI is InChI=1S/C26H39N5O2.C2H6.CH2O/c1-3-4-5-6-22-16-29(18-25(32)30-13-11-21(12-14-30)26(27)33)17-23-15-24(28-31(22)23)20-9-7-19(2)8-10-20;2*1-2/h7-10,15,21-22,24,28H,3-6,11-14,16-18H2,1-2H3,(H2,27,33);1-2H3;1H2. The van der Waals surface area contributed by atoms with Gasteiger partial charge in [0, 0.05) is 37.8 Å². The van der Waals surface area contributed by atoms with Crippen LogP contribution < -0.4 is 11.2 Å². The quantitative estimate of drug-likeness (QED) is 0.516. The van der Waals surface area contributed by atoms with Crippen LogP contribution in [0, 0.1) is 12.8 Å². The first-order valence-corrected chi connectivity index (χ1v) is 13.9. The van der Waals surface area contributed by atoms with Gasteiger partial charge in [-0.3, -0.25) is 14.5 Å². The van der Waals surface area contributed by atoms with Gasteiger partial charge in [0.15, 0.2) is 0 Å². The first kappa shape index (κ1) is 30.5. The van der Waals surface area contributed by atoms with Crippen molar-refractivity contribution in [2.24, 2.45) is 11.7 Å². The molecule has 3 heterocycles. The summed E-state index contributed by atoms with van der Waals surface area (Å²) < 4.78 is 0. The molecule has 3 N–H and O–H groups in total. The zero-order chi connectivity index (χ0) is 27.4. The molecule has 2 saturated heterocycles. The van der Waals surface area contributed by atoms with Gasteiger partial charge in [0.05, 0.1) is 18.6 Å². The number of piperazine rings is 1. The molecule has 1 aromatic carbocycles. The van der Waals surface area contributed by atoms with Gasteiger partial charge in [-0.15, -0.1) is 0 Å². The van der Waals surface area contributed by atoms with Crippen LogP contribution in [0.2, 0.25) is 0 Å². The Bertz CT molecular complexity index is 880. The van der Waals surface area contributed by atoms with Gasteiger partial charge in [-0.1, -0.05) is 69.9 Å².